The van der Waals surface area contributed by atoms with Gasteiger partial charge in [-0.05, 0) is 13.0 Å². The van der Waals surface area contributed by atoms with Crippen molar-refractivity contribution >= 4 is 5.97 Å². The zero-order valence-electron chi connectivity index (χ0n) is 7.47. The standard InChI is InChI=1S/C9H13NO3/c1-7(9(12)13)10-5-3-2-4-8(10)6-11/h2-4,7,11H,5-6H2,1H3,(H,12,13). The van der Waals surface area contributed by atoms with Crippen LogP contribution in [-0.2, 0) is 4.79 Å². The van der Waals surface area contributed by atoms with Gasteiger partial charge in [0, 0.05) is 12.2 Å². The van der Waals surface area contributed by atoms with Crippen LogP contribution in [0.2, 0.25) is 0 Å². The van der Waals surface area contributed by atoms with Gasteiger partial charge in [0.05, 0.1) is 6.61 Å². The lowest BCUT2D eigenvalue weighted by Gasteiger charge is -2.30. The highest BCUT2D eigenvalue weighted by Gasteiger charge is 2.22. The Bertz CT molecular complexity index is 258. The summed E-state index contributed by atoms with van der Waals surface area (Å²) in [4.78, 5) is 12.3. The summed E-state index contributed by atoms with van der Waals surface area (Å²) >= 11 is 0. The number of carboxylic acids is 1. The van der Waals surface area contributed by atoms with Crippen LogP contribution in [0.1, 0.15) is 6.92 Å². The highest BCUT2D eigenvalue weighted by atomic mass is 16.4. The molecule has 1 heterocycles. The van der Waals surface area contributed by atoms with Crippen molar-refractivity contribution in [2.45, 2.75) is 13.0 Å². The number of allylic oxidation sites excluding steroid dienone is 2. The van der Waals surface area contributed by atoms with Crippen LogP contribution in [-0.4, -0.2) is 40.3 Å². The highest BCUT2D eigenvalue weighted by molar-refractivity contribution is 5.73. The summed E-state index contributed by atoms with van der Waals surface area (Å²) in [5, 5.41) is 17.7. The molecule has 0 radical (unpaired) electrons. The summed E-state index contributed by atoms with van der Waals surface area (Å²) in [5.41, 5.74) is 0.650. The summed E-state index contributed by atoms with van der Waals surface area (Å²) in [5.74, 6) is -0.880. The van der Waals surface area contributed by atoms with E-state index < -0.39 is 12.0 Å². The van der Waals surface area contributed by atoms with E-state index in [1.807, 2.05) is 12.2 Å². The van der Waals surface area contributed by atoms with Crippen molar-refractivity contribution in [2.24, 2.45) is 0 Å². The summed E-state index contributed by atoms with van der Waals surface area (Å²) in [6.07, 6.45) is 5.40. The van der Waals surface area contributed by atoms with Crippen molar-refractivity contribution in [1.29, 1.82) is 0 Å². The molecular weight excluding hydrogens is 170 g/mol. The first-order valence-corrected chi connectivity index (χ1v) is 4.13. The van der Waals surface area contributed by atoms with E-state index in [4.69, 9.17) is 10.2 Å². The Morgan fingerprint density at radius 3 is 3.00 bits per heavy atom. The quantitative estimate of drug-likeness (QED) is 0.656. The Labute approximate surface area is 76.8 Å². The maximum atomic E-state index is 10.7. The molecule has 4 heteroatoms. The van der Waals surface area contributed by atoms with Crippen molar-refractivity contribution in [3.05, 3.63) is 23.9 Å². The minimum Gasteiger partial charge on any atom is -0.480 e. The van der Waals surface area contributed by atoms with Gasteiger partial charge in [-0.2, -0.15) is 0 Å². The third-order valence-electron chi connectivity index (χ3n) is 2.08. The molecule has 1 atom stereocenters. The Kier molecular flexibility index (Phi) is 3.08. The smallest absolute Gasteiger partial charge is 0.326 e. The number of hydrogen-bond acceptors (Lipinski definition) is 3. The molecule has 0 amide bonds. The normalized spacial score (nSPS) is 18.3. The molecule has 1 unspecified atom stereocenters. The molecule has 0 saturated heterocycles. The number of aliphatic hydroxyl groups excluding tert-OH is 1. The largest absolute Gasteiger partial charge is 0.480 e. The zero-order chi connectivity index (χ0) is 9.84. The molecule has 1 aliphatic rings. The fraction of sp³-hybridized carbons (Fsp3) is 0.444. The number of hydrogen-bond donors (Lipinski definition) is 2. The van der Waals surface area contributed by atoms with Crippen molar-refractivity contribution in [2.75, 3.05) is 13.2 Å². The molecule has 13 heavy (non-hydrogen) atoms. The van der Waals surface area contributed by atoms with Gasteiger partial charge in [0.25, 0.3) is 0 Å². The first kappa shape index (κ1) is 9.80. The first-order valence-electron chi connectivity index (χ1n) is 4.13. The lowest BCUT2D eigenvalue weighted by molar-refractivity contribution is -0.141. The molecule has 72 valence electrons. The molecular formula is C9H13NO3. The molecule has 0 bridgehead atoms. The van der Waals surface area contributed by atoms with Gasteiger partial charge in [0.15, 0.2) is 0 Å². The molecule has 0 saturated carbocycles. The molecule has 0 aliphatic carbocycles. The number of aliphatic hydroxyl groups is 1. The lowest BCUT2D eigenvalue weighted by atomic mass is 10.2. The number of carbonyl (C=O) groups is 1. The summed E-state index contributed by atoms with van der Waals surface area (Å²) in [6.45, 7) is 2.02. The molecule has 0 aromatic carbocycles. The van der Waals surface area contributed by atoms with Gasteiger partial charge in [-0.1, -0.05) is 12.2 Å². The molecule has 0 aromatic rings. The van der Waals surface area contributed by atoms with E-state index in [-0.39, 0.29) is 6.61 Å². The van der Waals surface area contributed by atoms with Crippen LogP contribution in [0.25, 0.3) is 0 Å². The molecule has 0 fully saturated rings. The number of nitrogens with zero attached hydrogens (tertiary/aromatic N) is 1. The van der Waals surface area contributed by atoms with Crippen molar-refractivity contribution in [3.63, 3.8) is 0 Å². The average Bonchev–Trinajstić information content (AvgIpc) is 2.16. The summed E-state index contributed by atoms with van der Waals surface area (Å²) < 4.78 is 0. The van der Waals surface area contributed by atoms with E-state index in [2.05, 4.69) is 0 Å². The van der Waals surface area contributed by atoms with Gasteiger partial charge >= 0.3 is 5.97 Å². The minimum atomic E-state index is -0.880. The molecule has 0 spiro atoms. The average molecular weight is 183 g/mol. The summed E-state index contributed by atoms with van der Waals surface area (Å²) in [6, 6.07) is -0.594. The van der Waals surface area contributed by atoms with Crippen molar-refractivity contribution in [1.82, 2.24) is 4.90 Å². The second-order valence-corrected chi connectivity index (χ2v) is 2.91. The second-order valence-electron chi connectivity index (χ2n) is 2.91. The Morgan fingerprint density at radius 2 is 2.46 bits per heavy atom. The van der Waals surface area contributed by atoms with Gasteiger partial charge < -0.3 is 15.1 Å². The van der Waals surface area contributed by atoms with Gasteiger partial charge in [0.1, 0.15) is 6.04 Å². The molecule has 1 rings (SSSR count). The van der Waals surface area contributed by atoms with Gasteiger partial charge in [-0.3, -0.25) is 0 Å². The van der Waals surface area contributed by atoms with Crippen LogP contribution in [0.5, 0.6) is 0 Å². The van der Waals surface area contributed by atoms with E-state index in [0.717, 1.165) is 0 Å². The Balaban J connectivity index is 2.75. The molecule has 2 N–H and O–H groups in total. The third kappa shape index (κ3) is 2.09. The lowest BCUT2D eigenvalue weighted by Crippen LogP contribution is -2.40. The predicted octanol–water partition coefficient (Wildman–Crippen LogP) is 0.208. The number of rotatable bonds is 3. The molecule has 0 aromatic heterocycles. The van der Waals surface area contributed by atoms with Crippen LogP contribution in [0.15, 0.2) is 23.9 Å². The van der Waals surface area contributed by atoms with Crippen LogP contribution < -0.4 is 0 Å². The van der Waals surface area contributed by atoms with E-state index in [0.29, 0.717) is 12.2 Å². The monoisotopic (exact) mass is 183 g/mol. The topological polar surface area (TPSA) is 60.8 Å². The van der Waals surface area contributed by atoms with Crippen LogP contribution >= 0.6 is 0 Å². The zero-order valence-corrected chi connectivity index (χ0v) is 7.47. The Hall–Kier alpha value is -1.29. The van der Waals surface area contributed by atoms with Gasteiger partial charge in [-0.25, -0.2) is 4.79 Å². The highest BCUT2D eigenvalue weighted by Crippen LogP contribution is 2.13. The van der Waals surface area contributed by atoms with Gasteiger partial charge in [-0.15, -0.1) is 0 Å². The fourth-order valence-corrected chi connectivity index (χ4v) is 1.25. The first-order chi connectivity index (χ1) is 6.16. The van der Waals surface area contributed by atoms with E-state index in [1.165, 1.54) is 0 Å². The Morgan fingerprint density at radius 1 is 1.77 bits per heavy atom. The number of carboxylic acid groups (broad SMARTS) is 1. The maximum absolute atomic E-state index is 10.7. The third-order valence-corrected chi connectivity index (χ3v) is 2.08. The molecule has 1 aliphatic heterocycles. The van der Waals surface area contributed by atoms with Crippen molar-refractivity contribution in [3.8, 4) is 0 Å². The fourth-order valence-electron chi connectivity index (χ4n) is 1.25. The number of aliphatic carboxylic acids is 1. The van der Waals surface area contributed by atoms with Crippen LogP contribution in [0.3, 0.4) is 0 Å². The maximum Gasteiger partial charge on any atom is 0.326 e. The van der Waals surface area contributed by atoms with Crippen molar-refractivity contribution < 1.29 is 15.0 Å². The van der Waals surface area contributed by atoms with E-state index >= 15 is 0 Å². The van der Waals surface area contributed by atoms with Crippen LogP contribution in [0.4, 0.5) is 0 Å². The predicted molar refractivity (Wildman–Crippen MR) is 48.1 cm³/mol. The minimum absolute atomic E-state index is 0.123. The van der Waals surface area contributed by atoms with Gasteiger partial charge in [0.2, 0.25) is 0 Å². The van der Waals surface area contributed by atoms with Crippen LogP contribution in [0, 0.1) is 0 Å². The summed E-state index contributed by atoms with van der Waals surface area (Å²) in [7, 11) is 0. The second kappa shape index (κ2) is 4.09. The van der Waals surface area contributed by atoms with E-state index in [9.17, 15) is 4.79 Å². The molecule has 4 nitrogen and oxygen atoms in total. The van der Waals surface area contributed by atoms with E-state index in [1.54, 1.807) is 17.9 Å². The SMILES string of the molecule is CC(C(=O)O)N1CC=CC=C1CO.